The molecule has 0 saturated carbocycles. The summed E-state index contributed by atoms with van der Waals surface area (Å²) in [5, 5.41) is 8.37. The molecule has 1 atom stereocenters. The fraction of sp³-hybridized carbons (Fsp3) is 0.0278. The van der Waals surface area contributed by atoms with E-state index in [9.17, 15) is 18.8 Å². The minimum atomic E-state index is -0.700. The van der Waals surface area contributed by atoms with Crippen LogP contribution in [0.4, 0.5) is 15.8 Å². The van der Waals surface area contributed by atoms with Crippen molar-refractivity contribution >= 4 is 81.7 Å². The summed E-state index contributed by atoms with van der Waals surface area (Å²) in [7, 11) is 0. The molecule has 0 radical (unpaired) electrons. The van der Waals surface area contributed by atoms with Gasteiger partial charge in [-0.05, 0) is 78.4 Å². The molecule has 3 N–H and O–H groups in total. The standard InChI is InChI=1S/C36H25Cl3FN3O3S/c37-24-14-19-29(39)31(20-24)42-36(46)33(22-8-3-1-4-9-22)47-26-17-15-25(16-18-26)41-35(45)32(21-27-28(38)12-7-13-30(27)40)43-34(44)23-10-5-2-6-11-23/h1-21,33H,(H,41,45)(H,42,46)(H,43,44)/b32-21-. The smallest absolute Gasteiger partial charge is 0.272 e. The van der Waals surface area contributed by atoms with Crippen LogP contribution in [0.25, 0.3) is 6.08 Å². The highest BCUT2D eigenvalue weighted by Crippen LogP contribution is 2.37. The van der Waals surface area contributed by atoms with E-state index in [0.717, 1.165) is 10.5 Å². The molecule has 0 bridgehead atoms. The van der Waals surface area contributed by atoms with Gasteiger partial charge >= 0.3 is 0 Å². The van der Waals surface area contributed by atoms with Crippen LogP contribution in [0, 0.1) is 5.82 Å². The average Bonchev–Trinajstić information content (AvgIpc) is 3.07. The number of carbonyl (C=O) groups is 3. The van der Waals surface area contributed by atoms with Gasteiger partial charge in [0.15, 0.2) is 0 Å². The minimum absolute atomic E-state index is 0.0521. The Morgan fingerprint density at radius 2 is 1.40 bits per heavy atom. The number of anilines is 2. The summed E-state index contributed by atoms with van der Waals surface area (Å²) in [6, 6.07) is 33.3. The largest absolute Gasteiger partial charge is 0.323 e. The molecule has 3 amide bonds. The first-order valence-corrected chi connectivity index (χ1v) is 16.1. The van der Waals surface area contributed by atoms with Gasteiger partial charge in [-0.15, -0.1) is 11.8 Å². The molecule has 0 saturated heterocycles. The Morgan fingerprint density at radius 3 is 2.09 bits per heavy atom. The lowest BCUT2D eigenvalue weighted by Gasteiger charge is -2.18. The van der Waals surface area contributed by atoms with Crippen molar-refractivity contribution < 1.29 is 18.8 Å². The third-order valence-electron chi connectivity index (χ3n) is 6.71. The molecule has 47 heavy (non-hydrogen) atoms. The highest BCUT2D eigenvalue weighted by Gasteiger charge is 2.23. The molecule has 11 heteroatoms. The maximum absolute atomic E-state index is 14.6. The Kier molecular flexibility index (Phi) is 11.3. The Labute approximate surface area is 289 Å². The molecule has 0 aromatic heterocycles. The first-order chi connectivity index (χ1) is 22.7. The summed E-state index contributed by atoms with van der Waals surface area (Å²) < 4.78 is 14.6. The van der Waals surface area contributed by atoms with Gasteiger partial charge in [0.25, 0.3) is 11.8 Å². The number of thioether (sulfide) groups is 1. The van der Waals surface area contributed by atoms with Crippen molar-refractivity contribution in [3.8, 4) is 0 Å². The number of hydrogen-bond acceptors (Lipinski definition) is 4. The fourth-order valence-electron chi connectivity index (χ4n) is 4.38. The normalized spacial score (nSPS) is 11.8. The van der Waals surface area contributed by atoms with E-state index < -0.39 is 22.9 Å². The Bertz CT molecular complexity index is 1920. The zero-order valence-corrected chi connectivity index (χ0v) is 27.4. The van der Waals surface area contributed by atoms with E-state index >= 15 is 0 Å². The van der Waals surface area contributed by atoms with Crippen LogP contribution in [0.5, 0.6) is 0 Å². The Balaban J connectivity index is 1.35. The molecule has 0 aliphatic heterocycles. The second-order valence-corrected chi connectivity index (χ2v) is 12.4. The third kappa shape index (κ3) is 9.02. The van der Waals surface area contributed by atoms with Crippen LogP contribution in [-0.2, 0) is 9.59 Å². The summed E-state index contributed by atoms with van der Waals surface area (Å²) in [4.78, 5) is 40.6. The van der Waals surface area contributed by atoms with Gasteiger partial charge in [0.1, 0.15) is 16.8 Å². The van der Waals surface area contributed by atoms with Gasteiger partial charge in [-0.1, -0.05) is 89.4 Å². The molecular weight excluding hydrogens is 680 g/mol. The number of amides is 3. The lowest BCUT2D eigenvalue weighted by atomic mass is 10.1. The van der Waals surface area contributed by atoms with E-state index in [1.807, 2.05) is 30.3 Å². The van der Waals surface area contributed by atoms with Crippen LogP contribution in [0.1, 0.15) is 26.7 Å². The number of hydrogen-bond donors (Lipinski definition) is 3. The fourth-order valence-corrected chi connectivity index (χ4v) is 5.96. The molecule has 0 heterocycles. The first-order valence-electron chi connectivity index (χ1n) is 14.1. The SMILES string of the molecule is O=C(Nc1ccc(SC(C(=O)Nc2cc(Cl)ccc2Cl)c2ccccc2)cc1)/C(=C/c1c(F)cccc1Cl)NC(=O)c1ccccc1. The van der Waals surface area contributed by atoms with Crippen molar-refractivity contribution in [2.45, 2.75) is 10.1 Å². The van der Waals surface area contributed by atoms with Crippen LogP contribution >= 0.6 is 46.6 Å². The first kappa shape index (κ1) is 33.8. The monoisotopic (exact) mass is 703 g/mol. The second-order valence-electron chi connectivity index (χ2n) is 10.0. The number of carbonyl (C=O) groups excluding carboxylic acids is 3. The summed E-state index contributed by atoms with van der Waals surface area (Å²) >= 11 is 19.9. The van der Waals surface area contributed by atoms with E-state index in [0.29, 0.717) is 27.0 Å². The zero-order chi connectivity index (χ0) is 33.3. The van der Waals surface area contributed by atoms with Crippen molar-refractivity contribution in [1.29, 1.82) is 0 Å². The minimum Gasteiger partial charge on any atom is -0.323 e. The van der Waals surface area contributed by atoms with E-state index in [2.05, 4.69) is 16.0 Å². The quantitative estimate of drug-likeness (QED) is 0.0998. The van der Waals surface area contributed by atoms with Crippen LogP contribution in [-0.4, -0.2) is 17.7 Å². The maximum atomic E-state index is 14.6. The predicted molar refractivity (Wildman–Crippen MR) is 188 cm³/mol. The molecule has 5 rings (SSSR count). The second kappa shape index (κ2) is 15.8. The van der Waals surface area contributed by atoms with Gasteiger partial charge < -0.3 is 16.0 Å². The highest BCUT2D eigenvalue weighted by atomic mass is 35.5. The van der Waals surface area contributed by atoms with Crippen LogP contribution < -0.4 is 16.0 Å². The molecule has 5 aromatic rings. The average molecular weight is 705 g/mol. The van der Waals surface area contributed by atoms with Crippen molar-refractivity contribution in [2.24, 2.45) is 0 Å². The molecule has 0 aliphatic carbocycles. The van der Waals surface area contributed by atoms with Crippen LogP contribution in [0.15, 0.2) is 132 Å². The van der Waals surface area contributed by atoms with Gasteiger partial charge in [0.05, 0.1) is 15.7 Å². The summed E-state index contributed by atoms with van der Waals surface area (Å²) in [5.74, 6) is -2.23. The van der Waals surface area contributed by atoms with Gasteiger partial charge in [0, 0.05) is 26.7 Å². The van der Waals surface area contributed by atoms with Crippen molar-refractivity contribution in [2.75, 3.05) is 10.6 Å². The van der Waals surface area contributed by atoms with E-state index in [-0.39, 0.29) is 22.2 Å². The molecule has 1 unspecified atom stereocenters. The van der Waals surface area contributed by atoms with Gasteiger partial charge in [0.2, 0.25) is 5.91 Å². The molecule has 0 aliphatic rings. The van der Waals surface area contributed by atoms with Crippen molar-refractivity contribution in [1.82, 2.24) is 5.32 Å². The third-order valence-corrected chi connectivity index (χ3v) is 8.87. The van der Waals surface area contributed by atoms with E-state index in [1.165, 1.54) is 36.0 Å². The highest BCUT2D eigenvalue weighted by molar-refractivity contribution is 8.00. The summed E-state index contributed by atoms with van der Waals surface area (Å²) in [5.41, 5.74) is 1.59. The molecule has 0 spiro atoms. The lowest BCUT2D eigenvalue weighted by Crippen LogP contribution is -2.30. The maximum Gasteiger partial charge on any atom is 0.272 e. The van der Waals surface area contributed by atoms with Crippen LogP contribution in [0.2, 0.25) is 15.1 Å². The van der Waals surface area contributed by atoms with Crippen molar-refractivity contribution in [3.05, 3.63) is 165 Å². The number of halogens is 4. The molecule has 236 valence electrons. The topological polar surface area (TPSA) is 87.3 Å². The predicted octanol–water partition coefficient (Wildman–Crippen LogP) is 9.67. The number of nitrogens with one attached hydrogen (secondary N) is 3. The Morgan fingerprint density at radius 1 is 0.723 bits per heavy atom. The Hall–Kier alpha value is -4.60. The van der Waals surface area contributed by atoms with Gasteiger partial charge in [-0.3, -0.25) is 14.4 Å². The molecule has 0 fully saturated rings. The van der Waals surface area contributed by atoms with E-state index in [4.69, 9.17) is 34.8 Å². The molecule has 6 nitrogen and oxygen atoms in total. The molecule has 5 aromatic carbocycles. The van der Waals surface area contributed by atoms with Gasteiger partial charge in [-0.2, -0.15) is 0 Å². The lowest BCUT2D eigenvalue weighted by molar-refractivity contribution is -0.116. The summed E-state index contributed by atoms with van der Waals surface area (Å²) in [6.07, 6.45) is 1.19. The number of benzene rings is 5. The zero-order valence-electron chi connectivity index (χ0n) is 24.3. The van der Waals surface area contributed by atoms with Crippen molar-refractivity contribution in [3.63, 3.8) is 0 Å². The van der Waals surface area contributed by atoms with Gasteiger partial charge in [-0.25, -0.2) is 4.39 Å². The van der Waals surface area contributed by atoms with E-state index in [1.54, 1.807) is 72.8 Å². The van der Waals surface area contributed by atoms with Crippen LogP contribution in [0.3, 0.4) is 0 Å². The summed E-state index contributed by atoms with van der Waals surface area (Å²) in [6.45, 7) is 0. The molecular formula is C36H25Cl3FN3O3S. The number of rotatable bonds is 10.